The minimum Gasteiger partial charge on any atom is -0.333 e. The Balaban J connectivity index is 1.73. The van der Waals surface area contributed by atoms with Gasteiger partial charge in [-0.1, -0.05) is 29.8 Å². The summed E-state index contributed by atoms with van der Waals surface area (Å²) in [7, 11) is 0. The summed E-state index contributed by atoms with van der Waals surface area (Å²) in [6.45, 7) is 1.38. The van der Waals surface area contributed by atoms with Gasteiger partial charge in [-0.05, 0) is 41.9 Å². The number of carbonyl (C=O) groups is 1. The minimum atomic E-state index is -0.0248. The van der Waals surface area contributed by atoms with Crippen molar-refractivity contribution < 1.29 is 4.79 Å². The summed E-state index contributed by atoms with van der Waals surface area (Å²) in [5.41, 5.74) is 1.50. The molecule has 0 unspecified atom stereocenters. The molecule has 116 valence electrons. The summed E-state index contributed by atoms with van der Waals surface area (Å²) in [5, 5.41) is 5.66. The Hall–Kier alpha value is -1.82. The van der Waals surface area contributed by atoms with Crippen molar-refractivity contribution in [1.82, 2.24) is 19.5 Å². The molecule has 1 saturated carbocycles. The van der Waals surface area contributed by atoms with Crippen molar-refractivity contribution in [3.63, 3.8) is 0 Å². The van der Waals surface area contributed by atoms with Crippen LogP contribution in [0.3, 0.4) is 0 Å². The summed E-state index contributed by atoms with van der Waals surface area (Å²) in [6.07, 6.45) is 9.87. The normalized spacial score (nSPS) is 15.6. The van der Waals surface area contributed by atoms with Crippen LogP contribution in [0.25, 0.3) is 0 Å². The number of hydrogen-bond donors (Lipinski definition) is 0. The molecule has 3 rings (SSSR count). The molecule has 0 bridgehead atoms. The van der Waals surface area contributed by atoms with Crippen LogP contribution in [0.2, 0.25) is 0 Å². The van der Waals surface area contributed by atoms with Crippen LogP contribution in [0, 0.1) is 5.92 Å². The smallest absolute Gasteiger partial charge is 0.275 e. The van der Waals surface area contributed by atoms with E-state index < -0.39 is 0 Å². The van der Waals surface area contributed by atoms with Gasteiger partial charge in [0.2, 0.25) is 0 Å². The van der Waals surface area contributed by atoms with Gasteiger partial charge in [0.05, 0.1) is 0 Å². The highest BCUT2D eigenvalue weighted by molar-refractivity contribution is 7.03. The molecule has 0 atom stereocenters. The van der Waals surface area contributed by atoms with Crippen LogP contribution in [0.15, 0.2) is 29.9 Å². The van der Waals surface area contributed by atoms with Gasteiger partial charge in [0.25, 0.3) is 5.91 Å². The van der Waals surface area contributed by atoms with E-state index in [2.05, 4.69) is 14.6 Å². The molecule has 0 N–H and O–H groups in total. The number of rotatable bonds is 5. The molecule has 2 aromatic heterocycles. The second kappa shape index (κ2) is 7.45. The van der Waals surface area contributed by atoms with Gasteiger partial charge in [0, 0.05) is 30.9 Å². The molecule has 0 aromatic carbocycles. The van der Waals surface area contributed by atoms with E-state index in [-0.39, 0.29) is 5.91 Å². The predicted octanol–water partition coefficient (Wildman–Crippen LogP) is 3.16. The minimum absolute atomic E-state index is 0.0248. The largest absolute Gasteiger partial charge is 0.333 e. The molecule has 2 aromatic rings. The number of carbonyl (C=O) groups excluding carboxylic acids is 1. The van der Waals surface area contributed by atoms with Gasteiger partial charge in [0.15, 0.2) is 5.69 Å². The Kier molecular flexibility index (Phi) is 5.11. The summed E-state index contributed by atoms with van der Waals surface area (Å²) < 4.78 is 3.81. The van der Waals surface area contributed by atoms with E-state index in [1.54, 1.807) is 11.6 Å². The van der Waals surface area contributed by atoms with Crippen LogP contribution < -0.4 is 0 Å². The predicted molar refractivity (Wildman–Crippen MR) is 85.5 cm³/mol. The molecule has 22 heavy (non-hydrogen) atoms. The van der Waals surface area contributed by atoms with Gasteiger partial charge in [-0.3, -0.25) is 9.78 Å². The van der Waals surface area contributed by atoms with Gasteiger partial charge < -0.3 is 4.90 Å². The lowest BCUT2D eigenvalue weighted by Crippen LogP contribution is -2.35. The fourth-order valence-electron chi connectivity index (χ4n) is 3.03. The topological polar surface area (TPSA) is 59.0 Å². The number of hydrogen-bond acceptors (Lipinski definition) is 5. The first kappa shape index (κ1) is 15.1. The average molecular weight is 316 g/mol. The van der Waals surface area contributed by atoms with E-state index >= 15 is 0 Å². The molecule has 1 aliphatic carbocycles. The highest BCUT2D eigenvalue weighted by Gasteiger charge is 2.23. The fourth-order valence-corrected chi connectivity index (χ4v) is 3.46. The third-order valence-electron chi connectivity index (χ3n) is 4.17. The third-order valence-corrected chi connectivity index (χ3v) is 4.67. The van der Waals surface area contributed by atoms with Crippen molar-refractivity contribution >= 4 is 17.4 Å². The third kappa shape index (κ3) is 3.88. The first-order valence-corrected chi connectivity index (χ1v) is 8.62. The standard InChI is InChI=1S/C16H20N4OS/c21-16(15-12-22-19-18-15)20(10-13-5-2-1-3-6-13)11-14-7-4-8-17-9-14/h4,7-9,12-13H,1-3,5-6,10-11H2. The van der Waals surface area contributed by atoms with Gasteiger partial charge in [-0.25, -0.2) is 0 Å². The van der Waals surface area contributed by atoms with Gasteiger partial charge in [-0.2, -0.15) is 0 Å². The maximum Gasteiger partial charge on any atom is 0.275 e. The summed E-state index contributed by atoms with van der Waals surface area (Å²) in [5.74, 6) is 0.573. The van der Waals surface area contributed by atoms with E-state index in [1.165, 1.54) is 43.6 Å². The lowest BCUT2D eigenvalue weighted by atomic mass is 9.89. The number of nitrogens with zero attached hydrogens (tertiary/aromatic N) is 4. The highest BCUT2D eigenvalue weighted by Crippen LogP contribution is 2.25. The lowest BCUT2D eigenvalue weighted by molar-refractivity contribution is 0.0693. The average Bonchev–Trinajstić information content (AvgIpc) is 3.10. The van der Waals surface area contributed by atoms with E-state index in [4.69, 9.17) is 0 Å². The molecular weight excluding hydrogens is 296 g/mol. The Bertz CT molecular complexity index is 581. The summed E-state index contributed by atoms with van der Waals surface area (Å²) in [4.78, 5) is 18.7. The molecule has 0 saturated heterocycles. The van der Waals surface area contributed by atoms with Crippen molar-refractivity contribution in [3.05, 3.63) is 41.2 Å². The van der Waals surface area contributed by atoms with Crippen LogP contribution in [0.4, 0.5) is 0 Å². The van der Waals surface area contributed by atoms with E-state index in [0.717, 1.165) is 12.1 Å². The second-order valence-electron chi connectivity index (χ2n) is 5.84. The molecule has 6 heteroatoms. The van der Waals surface area contributed by atoms with Crippen LogP contribution in [-0.4, -0.2) is 31.9 Å². The van der Waals surface area contributed by atoms with Crippen LogP contribution in [0.1, 0.15) is 48.2 Å². The molecule has 1 fully saturated rings. The molecule has 0 radical (unpaired) electrons. The van der Waals surface area contributed by atoms with Crippen molar-refractivity contribution in [2.24, 2.45) is 5.92 Å². The van der Waals surface area contributed by atoms with Gasteiger partial charge in [-0.15, -0.1) is 5.10 Å². The Morgan fingerprint density at radius 2 is 2.18 bits per heavy atom. The first-order valence-electron chi connectivity index (χ1n) is 7.78. The van der Waals surface area contributed by atoms with Crippen molar-refractivity contribution in [3.8, 4) is 0 Å². The Labute approximate surface area is 134 Å². The zero-order chi connectivity index (χ0) is 15.2. The second-order valence-corrected chi connectivity index (χ2v) is 6.45. The maximum atomic E-state index is 12.7. The van der Waals surface area contributed by atoms with E-state index in [0.29, 0.717) is 18.2 Å². The monoisotopic (exact) mass is 316 g/mol. The van der Waals surface area contributed by atoms with Crippen LogP contribution in [0.5, 0.6) is 0 Å². The van der Waals surface area contributed by atoms with Crippen molar-refractivity contribution in [1.29, 1.82) is 0 Å². The summed E-state index contributed by atoms with van der Waals surface area (Å²) in [6, 6.07) is 3.91. The Morgan fingerprint density at radius 1 is 1.32 bits per heavy atom. The Morgan fingerprint density at radius 3 is 2.86 bits per heavy atom. The molecule has 0 spiro atoms. The number of aromatic nitrogens is 3. The quantitative estimate of drug-likeness (QED) is 0.850. The highest BCUT2D eigenvalue weighted by atomic mass is 32.1. The maximum absolute atomic E-state index is 12.7. The first-order chi connectivity index (χ1) is 10.8. The molecule has 0 aliphatic heterocycles. The summed E-state index contributed by atoms with van der Waals surface area (Å²) >= 11 is 1.22. The molecule has 5 nitrogen and oxygen atoms in total. The molecule has 1 aliphatic rings. The lowest BCUT2D eigenvalue weighted by Gasteiger charge is -2.29. The fraction of sp³-hybridized carbons (Fsp3) is 0.500. The number of amides is 1. The van der Waals surface area contributed by atoms with E-state index in [1.807, 2.05) is 23.2 Å². The van der Waals surface area contributed by atoms with Gasteiger partial charge >= 0.3 is 0 Å². The van der Waals surface area contributed by atoms with Gasteiger partial charge in [0.1, 0.15) is 0 Å². The zero-order valence-corrected chi connectivity index (χ0v) is 13.3. The van der Waals surface area contributed by atoms with E-state index in [9.17, 15) is 4.79 Å². The van der Waals surface area contributed by atoms with Crippen LogP contribution >= 0.6 is 11.5 Å². The van der Waals surface area contributed by atoms with Crippen LogP contribution in [-0.2, 0) is 6.54 Å². The SMILES string of the molecule is O=C(c1csnn1)N(Cc1cccnc1)CC1CCCCC1. The van der Waals surface area contributed by atoms with Crippen molar-refractivity contribution in [2.75, 3.05) is 6.54 Å². The van der Waals surface area contributed by atoms with Crippen molar-refractivity contribution in [2.45, 2.75) is 38.6 Å². The zero-order valence-electron chi connectivity index (χ0n) is 12.5. The molecular formula is C16H20N4OS. The molecule has 2 heterocycles. The molecule has 1 amide bonds. The number of pyridine rings is 1.